The van der Waals surface area contributed by atoms with E-state index < -0.39 is 4.92 Å². The molecule has 1 saturated carbocycles. The van der Waals surface area contributed by atoms with Crippen LogP contribution in [0.2, 0.25) is 0 Å². The molecule has 0 saturated heterocycles. The molecular weight excluding hydrogens is 234 g/mol. The number of nitrogens with two attached hydrogens (primary N) is 1. The first-order valence-electron chi connectivity index (χ1n) is 6.09. The van der Waals surface area contributed by atoms with Gasteiger partial charge in [0, 0.05) is 6.04 Å². The van der Waals surface area contributed by atoms with Crippen molar-refractivity contribution in [2.75, 3.05) is 11.1 Å². The summed E-state index contributed by atoms with van der Waals surface area (Å²) >= 11 is 0. The van der Waals surface area contributed by atoms with Crippen molar-refractivity contribution in [1.29, 1.82) is 0 Å². The molecule has 1 fully saturated rings. The van der Waals surface area contributed by atoms with Gasteiger partial charge in [0.2, 0.25) is 11.8 Å². The van der Waals surface area contributed by atoms with Gasteiger partial charge in [-0.15, -0.1) is 0 Å². The van der Waals surface area contributed by atoms with Crippen LogP contribution in [0.5, 0.6) is 0 Å². The van der Waals surface area contributed by atoms with E-state index in [1.54, 1.807) is 0 Å². The van der Waals surface area contributed by atoms with Crippen LogP contribution in [-0.2, 0) is 0 Å². The molecule has 0 spiro atoms. The molecule has 3 N–H and O–H groups in total. The molecule has 98 valence electrons. The van der Waals surface area contributed by atoms with Crippen LogP contribution in [-0.4, -0.2) is 20.9 Å². The summed E-state index contributed by atoms with van der Waals surface area (Å²) < 4.78 is 0. The third-order valence-electron chi connectivity index (χ3n) is 3.26. The van der Waals surface area contributed by atoms with E-state index in [4.69, 9.17) is 5.73 Å². The third-order valence-corrected chi connectivity index (χ3v) is 3.26. The topological polar surface area (TPSA) is 107 Å². The van der Waals surface area contributed by atoms with Gasteiger partial charge in [0.05, 0.1) is 4.92 Å². The van der Waals surface area contributed by atoms with E-state index in [2.05, 4.69) is 22.2 Å². The number of nitrogen functional groups attached to an aromatic ring is 1. The highest BCUT2D eigenvalue weighted by atomic mass is 16.6. The highest BCUT2D eigenvalue weighted by molar-refractivity contribution is 5.56. The Morgan fingerprint density at radius 2 is 2.33 bits per heavy atom. The Labute approximate surface area is 105 Å². The molecule has 2 rings (SSSR count). The lowest BCUT2D eigenvalue weighted by Gasteiger charge is -2.27. The van der Waals surface area contributed by atoms with E-state index in [1.807, 2.05) is 0 Å². The van der Waals surface area contributed by atoms with Crippen LogP contribution in [0.25, 0.3) is 0 Å². The maximum Gasteiger partial charge on any atom is 0.329 e. The summed E-state index contributed by atoms with van der Waals surface area (Å²) in [4.78, 5) is 18.0. The standard InChI is InChI=1S/C11H17N5O2/c1-7-3-2-4-8(5-7)14-10-9(16(17)18)6-13-11(12)15-10/h6-8H,2-5H2,1H3,(H3,12,13,14,15). The fraction of sp³-hybridized carbons (Fsp3) is 0.636. The van der Waals surface area contributed by atoms with Gasteiger partial charge in [-0.25, -0.2) is 4.98 Å². The first kappa shape index (κ1) is 12.5. The molecule has 0 aliphatic heterocycles. The van der Waals surface area contributed by atoms with Gasteiger partial charge in [-0.05, 0) is 18.8 Å². The summed E-state index contributed by atoms with van der Waals surface area (Å²) in [7, 11) is 0. The van der Waals surface area contributed by atoms with Crippen molar-refractivity contribution in [2.24, 2.45) is 5.92 Å². The molecule has 1 aliphatic carbocycles. The van der Waals surface area contributed by atoms with Crippen LogP contribution in [0.1, 0.15) is 32.6 Å². The predicted octanol–water partition coefficient (Wildman–Crippen LogP) is 1.96. The molecule has 2 unspecified atom stereocenters. The highest BCUT2D eigenvalue weighted by Gasteiger charge is 2.23. The van der Waals surface area contributed by atoms with Gasteiger partial charge in [0.25, 0.3) is 0 Å². The largest absolute Gasteiger partial charge is 0.368 e. The Bertz CT molecular complexity index is 451. The maximum absolute atomic E-state index is 10.9. The van der Waals surface area contributed by atoms with Crippen LogP contribution in [0.4, 0.5) is 17.5 Å². The predicted molar refractivity (Wildman–Crippen MR) is 68.1 cm³/mol. The zero-order valence-electron chi connectivity index (χ0n) is 10.3. The molecular formula is C11H17N5O2. The van der Waals surface area contributed by atoms with Gasteiger partial charge in [0.15, 0.2) is 0 Å². The number of anilines is 2. The Balaban J connectivity index is 2.16. The lowest BCUT2D eigenvalue weighted by molar-refractivity contribution is -0.384. The van der Waals surface area contributed by atoms with Crippen LogP contribution >= 0.6 is 0 Å². The summed E-state index contributed by atoms with van der Waals surface area (Å²) in [5, 5.41) is 14.0. The maximum atomic E-state index is 10.9. The van der Waals surface area contributed by atoms with E-state index in [-0.39, 0.29) is 23.5 Å². The summed E-state index contributed by atoms with van der Waals surface area (Å²) in [6.45, 7) is 2.19. The van der Waals surface area contributed by atoms with Crippen molar-refractivity contribution >= 4 is 17.5 Å². The molecule has 1 aromatic heterocycles. The number of rotatable bonds is 3. The van der Waals surface area contributed by atoms with Gasteiger partial charge in [-0.3, -0.25) is 10.1 Å². The van der Waals surface area contributed by atoms with Crippen molar-refractivity contribution in [1.82, 2.24) is 9.97 Å². The van der Waals surface area contributed by atoms with E-state index in [0.29, 0.717) is 5.92 Å². The second-order valence-electron chi connectivity index (χ2n) is 4.83. The second-order valence-corrected chi connectivity index (χ2v) is 4.83. The van der Waals surface area contributed by atoms with E-state index in [0.717, 1.165) is 25.5 Å². The van der Waals surface area contributed by atoms with Crippen molar-refractivity contribution < 1.29 is 4.92 Å². The fourth-order valence-electron chi connectivity index (χ4n) is 2.39. The van der Waals surface area contributed by atoms with Crippen LogP contribution < -0.4 is 11.1 Å². The minimum atomic E-state index is -0.492. The molecule has 7 heteroatoms. The highest BCUT2D eigenvalue weighted by Crippen LogP contribution is 2.28. The van der Waals surface area contributed by atoms with E-state index in [9.17, 15) is 10.1 Å². The lowest BCUT2D eigenvalue weighted by atomic mass is 9.87. The molecule has 1 aliphatic rings. The SMILES string of the molecule is CC1CCCC(Nc2nc(N)ncc2[N+](=O)[O-])C1. The molecule has 0 aromatic carbocycles. The monoisotopic (exact) mass is 251 g/mol. The van der Waals surface area contributed by atoms with Gasteiger partial charge < -0.3 is 11.1 Å². The zero-order valence-corrected chi connectivity index (χ0v) is 10.3. The molecule has 0 amide bonds. The smallest absolute Gasteiger partial charge is 0.329 e. The third kappa shape index (κ3) is 2.85. The number of nitrogens with one attached hydrogen (secondary N) is 1. The molecule has 1 aromatic rings. The number of aromatic nitrogens is 2. The first-order chi connectivity index (χ1) is 8.56. The summed E-state index contributed by atoms with van der Waals surface area (Å²) in [5.41, 5.74) is 5.35. The van der Waals surface area contributed by atoms with Crippen molar-refractivity contribution in [3.63, 3.8) is 0 Å². The molecule has 1 heterocycles. The number of hydrogen-bond donors (Lipinski definition) is 2. The summed E-state index contributed by atoms with van der Waals surface area (Å²) in [6, 6.07) is 0.224. The molecule has 18 heavy (non-hydrogen) atoms. The molecule has 2 atom stereocenters. The molecule has 7 nitrogen and oxygen atoms in total. The van der Waals surface area contributed by atoms with E-state index in [1.165, 1.54) is 6.42 Å². The second kappa shape index (κ2) is 5.16. The van der Waals surface area contributed by atoms with Crippen molar-refractivity contribution in [3.05, 3.63) is 16.3 Å². The lowest BCUT2D eigenvalue weighted by Crippen LogP contribution is -2.27. The Kier molecular flexibility index (Phi) is 3.59. The average molecular weight is 251 g/mol. The fourth-order valence-corrected chi connectivity index (χ4v) is 2.39. The van der Waals surface area contributed by atoms with Crippen molar-refractivity contribution in [2.45, 2.75) is 38.6 Å². The van der Waals surface area contributed by atoms with Gasteiger partial charge in [-0.2, -0.15) is 4.98 Å². The first-order valence-corrected chi connectivity index (χ1v) is 6.09. The molecule has 0 radical (unpaired) electrons. The van der Waals surface area contributed by atoms with E-state index >= 15 is 0 Å². The quantitative estimate of drug-likeness (QED) is 0.628. The van der Waals surface area contributed by atoms with Crippen molar-refractivity contribution in [3.8, 4) is 0 Å². The normalized spacial score (nSPS) is 23.6. The van der Waals surface area contributed by atoms with Crippen LogP contribution in [0, 0.1) is 16.0 Å². The summed E-state index contributed by atoms with van der Waals surface area (Å²) in [5.74, 6) is 0.910. The van der Waals surface area contributed by atoms with Gasteiger partial charge in [-0.1, -0.05) is 19.8 Å². The Morgan fingerprint density at radius 1 is 1.56 bits per heavy atom. The van der Waals surface area contributed by atoms with Crippen LogP contribution in [0.3, 0.4) is 0 Å². The minimum Gasteiger partial charge on any atom is -0.368 e. The zero-order chi connectivity index (χ0) is 13.1. The van der Waals surface area contributed by atoms with Crippen LogP contribution in [0.15, 0.2) is 6.20 Å². The summed E-state index contributed by atoms with van der Waals surface area (Å²) in [6.07, 6.45) is 5.50. The van der Waals surface area contributed by atoms with Gasteiger partial charge in [0.1, 0.15) is 6.20 Å². The average Bonchev–Trinajstić information content (AvgIpc) is 2.28. The number of hydrogen-bond acceptors (Lipinski definition) is 6. The Hall–Kier alpha value is -1.92. The minimum absolute atomic E-state index is 0.0481. The Morgan fingerprint density at radius 3 is 3.00 bits per heavy atom. The number of nitrogens with zero attached hydrogens (tertiary/aromatic N) is 3. The van der Waals surface area contributed by atoms with Gasteiger partial charge >= 0.3 is 5.69 Å². The molecule has 0 bridgehead atoms. The number of nitro groups is 1.